The first-order valence-corrected chi connectivity index (χ1v) is 15.1. The third-order valence-electron chi connectivity index (χ3n) is 7.37. The van der Waals surface area contributed by atoms with Gasteiger partial charge < -0.3 is 30.5 Å². The first kappa shape index (κ1) is 36.9. The van der Waals surface area contributed by atoms with Crippen LogP contribution in [0.4, 0.5) is 18.0 Å². The third-order valence-corrected chi connectivity index (χ3v) is 7.37. The van der Waals surface area contributed by atoms with Gasteiger partial charge in [0, 0.05) is 6.07 Å². The molecule has 1 aromatic heterocycles. The summed E-state index contributed by atoms with van der Waals surface area (Å²) >= 11 is 0. The number of aromatic nitrogens is 2. The topological polar surface area (TPSA) is 178 Å². The van der Waals surface area contributed by atoms with Gasteiger partial charge in [0.05, 0.1) is 11.3 Å². The maximum atomic E-state index is 13.5. The van der Waals surface area contributed by atoms with E-state index in [1.807, 2.05) is 0 Å². The van der Waals surface area contributed by atoms with E-state index >= 15 is 0 Å². The quantitative estimate of drug-likeness (QED) is 0.136. The molecular formula is C34H34F3N5O8. The van der Waals surface area contributed by atoms with E-state index in [0.29, 0.717) is 17.2 Å². The Hall–Kier alpha value is -5.93. The van der Waals surface area contributed by atoms with Crippen molar-refractivity contribution >= 4 is 29.7 Å². The summed E-state index contributed by atoms with van der Waals surface area (Å²) in [5, 5.41) is 20.4. The number of ether oxygens (including phenoxy) is 2. The van der Waals surface area contributed by atoms with Gasteiger partial charge in [-0.05, 0) is 44.4 Å². The molecule has 2 aromatic carbocycles. The second kappa shape index (κ2) is 15.5. The van der Waals surface area contributed by atoms with Crippen LogP contribution in [0, 0.1) is 0 Å². The number of rotatable bonds is 15. The Bertz CT molecular complexity index is 1780. The van der Waals surface area contributed by atoms with E-state index < -0.39 is 77.2 Å². The van der Waals surface area contributed by atoms with Gasteiger partial charge in [-0.15, -0.1) is 0 Å². The number of alkyl halides is 3. The van der Waals surface area contributed by atoms with Gasteiger partial charge >= 0.3 is 18.2 Å². The summed E-state index contributed by atoms with van der Waals surface area (Å²) in [6, 6.07) is 13.9. The molecule has 2 atom stereocenters. The van der Waals surface area contributed by atoms with Gasteiger partial charge in [0.15, 0.2) is 18.1 Å². The Balaban J connectivity index is 1.45. The summed E-state index contributed by atoms with van der Waals surface area (Å²) in [4.78, 5) is 64.3. The van der Waals surface area contributed by atoms with Crippen LogP contribution in [0.5, 0.6) is 5.88 Å². The van der Waals surface area contributed by atoms with Crippen molar-refractivity contribution in [1.29, 1.82) is 0 Å². The molecule has 4 N–H and O–H groups in total. The van der Waals surface area contributed by atoms with Crippen LogP contribution in [0.25, 0.3) is 5.69 Å². The zero-order valence-corrected chi connectivity index (χ0v) is 27.0. The summed E-state index contributed by atoms with van der Waals surface area (Å²) in [6.07, 6.45) is -4.09. The summed E-state index contributed by atoms with van der Waals surface area (Å²) < 4.78 is 51.8. The van der Waals surface area contributed by atoms with Gasteiger partial charge in [-0.1, -0.05) is 66.8 Å². The zero-order valence-electron chi connectivity index (χ0n) is 27.0. The van der Waals surface area contributed by atoms with Crippen molar-refractivity contribution in [2.45, 2.75) is 57.1 Å². The minimum absolute atomic E-state index is 0.0626. The van der Waals surface area contributed by atoms with Gasteiger partial charge in [-0.3, -0.25) is 14.4 Å². The molecular weight excluding hydrogens is 663 g/mol. The van der Waals surface area contributed by atoms with Gasteiger partial charge in [0.25, 0.3) is 0 Å². The Morgan fingerprint density at radius 3 is 2.20 bits per heavy atom. The number of halogens is 3. The number of nitrogens with zero attached hydrogens (tertiary/aromatic N) is 2. The van der Waals surface area contributed by atoms with Crippen LogP contribution in [-0.4, -0.2) is 68.8 Å². The zero-order chi connectivity index (χ0) is 36.6. The van der Waals surface area contributed by atoms with E-state index in [1.165, 1.54) is 18.2 Å². The molecule has 0 spiro atoms. The maximum absolute atomic E-state index is 13.5. The second-order valence-corrected chi connectivity index (χ2v) is 11.6. The molecule has 0 bridgehead atoms. The number of carboxylic acids is 1. The average molecular weight is 698 g/mol. The number of hydrogen-bond acceptors (Lipinski definition) is 8. The number of allylic oxidation sites excluding steroid dienone is 1. The van der Waals surface area contributed by atoms with Crippen LogP contribution in [0.1, 0.15) is 37.9 Å². The first-order chi connectivity index (χ1) is 23.6. The highest BCUT2D eigenvalue weighted by molar-refractivity contribution is 6.04. The van der Waals surface area contributed by atoms with Crippen LogP contribution in [0.2, 0.25) is 0 Å². The standard InChI is InChI=1S/C34H34F3N5O8/c1-20(2)16-24(38-32(48)50-18-22-10-6-4-7-11-22)29(44)40-33(14-15-33)31(47)39-28(21(3)30(45)46)25(43)19-49-27-17-26(34(35,36)37)41-42(27)23-12-8-5-9-13-23/h4-13,16-17,24,28H,3,14-15,18-19H2,1-2H3,(H,38,48)(H,39,47)(H,40,44)(H,45,46)/t24-,28-/m0/s1. The Morgan fingerprint density at radius 1 is 1.02 bits per heavy atom. The normalized spacial score (nSPS) is 14.3. The van der Waals surface area contributed by atoms with Crippen LogP contribution < -0.4 is 20.7 Å². The lowest BCUT2D eigenvalue weighted by Gasteiger charge is -2.24. The highest BCUT2D eigenvalue weighted by Gasteiger charge is 2.53. The van der Waals surface area contributed by atoms with Gasteiger partial charge in [0.2, 0.25) is 17.7 Å². The fourth-order valence-electron chi connectivity index (χ4n) is 4.60. The molecule has 1 aliphatic carbocycles. The van der Waals surface area contributed by atoms with Gasteiger partial charge in [-0.25, -0.2) is 14.3 Å². The maximum Gasteiger partial charge on any atom is 0.435 e. The molecule has 0 aliphatic heterocycles. The number of ketones is 1. The number of carbonyl (C=O) groups excluding carboxylic acids is 4. The van der Waals surface area contributed by atoms with Crippen LogP contribution in [0.15, 0.2) is 90.5 Å². The van der Waals surface area contributed by atoms with E-state index in [9.17, 15) is 42.3 Å². The van der Waals surface area contributed by atoms with Crippen molar-refractivity contribution in [1.82, 2.24) is 25.7 Å². The minimum atomic E-state index is -4.85. The van der Waals surface area contributed by atoms with Crippen LogP contribution in [0.3, 0.4) is 0 Å². The summed E-state index contributed by atoms with van der Waals surface area (Å²) in [5.41, 5.74) is -2.08. The Kier molecular flexibility index (Phi) is 11.5. The van der Waals surface area contributed by atoms with E-state index in [-0.39, 0.29) is 25.1 Å². The number of alkyl carbamates (subject to hydrolysis) is 1. The fourth-order valence-corrected chi connectivity index (χ4v) is 4.60. The summed E-state index contributed by atoms with van der Waals surface area (Å²) in [6.45, 7) is 5.69. The van der Waals surface area contributed by atoms with Crippen molar-refractivity contribution in [3.05, 3.63) is 102 Å². The fraction of sp³-hybridized carbons (Fsp3) is 0.294. The molecule has 264 valence electrons. The van der Waals surface area contributed by atoms with E-state index in [0.717, 1.165) is 4.68 Å². The van der Waals surface area contributed by atoms with Crippen LogP contribution in [-0.2, 0) is 36.7 Å². The SMILES string of the molecule is C=C(C(=O)O)[C@H](NC(=O)C1(NC(=O)[C@H](C=C(C)C)NC(=O)OCc2ccccc2)CC1)C(=O)COc1cc(C(F)(F)F)nn1-c1ccccc1. The molecule has 0 unspecified atom stereocenters. The van der Waals surface area contributed by atoms with Crippen molar-refractivity contribution in [2.75, 3.05) is 6.61 Å². The van der Waals surface area contributed by atoms with Gasteiger partial charge in [0.1, 0.15) is 24.2 Å². The number of para-hydroxylation sites is 1. The summed E-state index contributed by atoms with van der Waals surface area (Å²) in [5.74, 6) is -4.90. The minimum Gasteiger partial charge on any atom is -0.478 e. The van der Waals surface area contributed by atoms with E-state index in [4.69, 9.17) is 9.47 Å². The number of carboxylic acid groups (broad SMARTS) is 1. The van der Waals surface area contributed by atoms with Crippen molar-refractivity contribution < 1.29 is 51.7 Å². The average Bonchev–Trinajstić information content (AvgIpc) is 3.72. The number of aliphatic carboxylic acids is 1. The molecule has 1 fully saturated rings. The highest BCUT2D eigenvalue weighted by Crippen LogP contribution is 2.36. The Labute approximate surface area is 284 Å². The lowest BCUT2D eigenvalue weighted by Crippen LogP contribution is -2.57. The van der Waals surface area contributed by atoms with E-state index in [2.05, 4.69) is 27.6 Å². The number of nitrogens with one attached hydrogen (secondary N) is 3. The Morgan fingerprint density at radius 2 is 1.64 bits per heavy atom. The van der Waals surface area contributed by atoms with E-state index in [1.54, 1.807) is 62.4 Å². The molecule has 16 heteroatoms. The van der Waals surface area contributed by atoms with Crippen LogP contribution >= 0.6 is 0 Å². The van der Waals surface area contributed by atoms with Crippen molar-refractivity contribution in [3.8, 4) is 11.6 Å². The molecule has 13 nitrogen and oxygen atoms in total. The predicted molar refractivity (Wildman–Crippen MR) is 171 cm³/mol. The highest BCUT2D eigenvalue weighted by atomic mass is 19.4. The van der Waals surface area contributed by atoms with Crippen molar-refractivity contribution in [3.63, 3.8) is 0 Å². The largest absolute Gasteiger partial charge is 0.478 e. The lowest BCUT2D eigenvalue weighted by atomic mass is 10.0. The molecule has 0 radical (unpaired) electrons. The number of Topliss-reactive ketones (excluding diaryl/α,β-unsaturated/α-hetero) is 1. The molecule has 3 amide bonds. The van der Waals surface area contributed by atoms with Gasteiger partial charge in [-0.2, -0.15) is 18.3 Å². The number of hydrogen-bond donors (Lipinski definition) is 4. The number of carbonyl (C=O) groups is 5. The molecule has 50 heavy (non-hydrogen) atoms. The number of benzene rings is 2. The molecule has 4 rings (SSSR count). The monoisotopic (exact) mass is 697 g/mol. The second-order valence-electron chi connectivity index (χ2n) is 11.6. The molecule has 3 aromatic rings. The third kappa shape index (κ3) is 9.58. The summed E-state index contributed by atoms with van der Waals surface area (Å²) in [7, 11) is 0. The molecule has 1 heterocycles. The molecule has 0 saturated heterocycles. The number of amides is 3. The smallest absolute Gasteiger partial charge is 0.435 e. The first-order valence-electron chi connectivity index (χ1n) is 15.1. The lowest BCUT2D eigenvalue weighted by molar-refractivity contribution is -0.141. The van der Waals surface area contributed by atoms with Crippen molar-refractivity contribution in [2.24, 2.45) is 0 Å². The predicted octanol–water partition coefficient (Wildman–Crippen LogP) is 3.87. The molecule has 1 aliphatic rings. The molecule has 1 saturated carbocycles.